The van der Waals surface area contributed by atoms with Gasteiger partial charge in [0.2, 0.25) is 0 Å². The SMILES string of the molecule is CCOC(=O)c1c(C)nsc1Nc1ccc(C)cc1Br. The third-order valence-electron chi connectivity index (χ3n) is 2.72. The Labute approximate surface area is 130 Å². The van der Waals surface area contributed by atoms with Crippen molar-refractivity contribution >= 4 is 44.1 Å². The summed E-state index contributed by atoms with van der Waals surface area (Å²) < 4.78 is 10.2. The maximum atomic E-state index is 12.0. The fourth-order valence-corrected chi connectivity index (χ4v) is 3.13. The number of aryl methyl sites for hydroxylation is 2. The van der Waals surface area contributed by atoms with Crippen molar-refractivity contribution in [1.29, 1.82) is 0 Å². The molecule has 1 heterocycles. The number of hydrogen-bond acceptors (Lipinski definition) is 5. The Morgan fingerprint density at radius 2 is 2.20 bits per heavy atom. The molecule has 0 saturated carbocycles. The molecular formula is C14H15BrN2O2S. The van der Waals surface area contributed by atoms with Crippen molar-refractivity contribution in [2.45, 2.75) is 20.8 Å². The van der Waals surface area contributed by atoms with E-state index < -0.39 is 0 Å². The Hall–Kier alpha value is -1.40. The highest BCUT2D eigenvalue weighted by Crippen LogP contribution is 2.32. The molecule has 2 rings (SSSR count). The Morgan fingerprint density at radius 1 is 1.45 bits per heavy atom. The molecular weight excluding hydrogens is 340 g/mol. The number of nitrogens with zero attached hydrogens (tertiary/aromatic N) is 1. The molecule has 6 heteroatoms. The lowest BCUT2D eigenvalue weighted by molar-refractivity contribution is 0.0527. The van der Waals surface area contributed by atoms with Gasteiger partial charge >= 0.3 is 5.97 Å². The molecule has 0 radical (unpaired) electrons. The van der Waals surface area contributed by atoms with Gasteiger partial charge in [0.05, 0.1) is 18.0 Å². The molecule has 1 aromatic carbocycles. The number of anilines is 2. The molecule has 0 saturated heterocycles. The van der Waals surface area contributed by atoms with Crippen LogP contribution in [-0.2, 0) is 4.74 Å². The molecule has 0 spiro atoms. The van der Waals surface area contributed by atoms with Gasteiger partial charge in [0.1, 0.15) is 10.6 Å². The van der Waals surface area contributed by atoms with E-state index in [9.17, 15) is 4.79 Å². The van der Waals surface area contributed by atoms with Gasteiger partial charge in [0.15, 0.2) is 0 Å². The molecule has 0 fully saturated rings. The highest BCUT2D eigenvalue weighted by atomic mass is 79.9. The van der Waals surface area contributed by atoms with Gasteiger partial charge in [0, 0.05) is 4.47 Å². The third kappa shape index (κ3) is 3.19. The van der Waals surface area contributed by atoms with Crippen LogP contribution in [0.2, 0.25) is 0 Å². The zero-order valence-electron chi connectivity index (χ0n) is 11.5. The first kappa shape index (κ1) is 15.0. The summed E-state index contributed by atoms with van der Waals surface area (Å²) in [4.78, 5) is 12.0. The summed E-state index contributed by atoms with van der Waals surface area (Å²) in [5, 5.41) is 3.94. The average Bonchev–Trinajstić information content (AvgIpc) is 2.74. The van der Waals surface area contributed by atoms with Crippen molar-refractivity contribution in [2.75, 3.05) is 11.9 Å². The van der Waals surface area contributed by atoms with Gasteiger partial charge in [-0.05, 0) is 65.9 Å². The van der Waals surface area contributed by atoms with E-state index in [1.54, 1.807) is 13.8 Å². The molecule has 0 bridgehead atoms. The molecule has 0 amide bonds. The summed E-state index contributed by atoms with van der Waals surface area (Å²) in [5.74, 6) is -0.343. The van der Waals surface area contributed by atoms with Crippen LogP contribution < -0.4 is 5.32 Å². The van der Waals surface area contributed by atoms with E-state index in [0.29, 0.717) is 22.9 Å². The number of carbonyl (C=O) groups excluding carboxylic acids is 1. The van der Waals surface area contributed by atoms with Crippen molar-refractivity contribution in [1.82, 2.24) is 4.37 Å². The number of benzene rings is 1. The Kier molecular flexibility index (Phi) is 4.77. The second-order valence-corrected chi connectivity index (χ2v) is 5.93. The Bertz CT molecular complexity index is 640. The number of halogens is 1. The molecule has 106 valence electrons. The van der Waals surface area contributed by atoms with Crippen molar-refractivity contribution in [2.24, 2.45) is 0 Å². The number of esters is 1. The zero-order chi connectivity index (χ0) is 14.7. The van der Waals surface area contributed by atoms with E-state index in [1.807, 2.05) is 25.1 Å². The van der Waals surface area contributed by atoms with Crippen LogP contribution in [0.3, 0.4) is 0 Å². The zero-order valence-corrected chi connectivity index (χ0v) is 13.9. The highest BCUT2D eigenvalue weighted by Gasteiger charge is 2.20. The number of rotatable bonds is 4. The van der Waals surface area contributed by atoms with E-state index >= 15 is 0 Å². The molecule has 0 atom stereocenters. The Balaban J connectivity index is 2.32. The topological polar surface area (TPSA) is 51.2 Å². The number of carbonyl (C=O) groups is 1. The van der Waals surface area contributed by atoms with Crippen LogP contribution in [0.25, 0.3) is 0 Å². The first-order valence-corrected chi connectivity index (χ1v) is 7.76. The molecule has 4 nitrogen and oxygen atoms in total. The second kappa shape index (κ2) is 6.37. The first-order valence-electron chi connectivity index (χ1n) is 6.19. The van der Waals surface area contributed by atoms with Crippen LogP contribution in [-0.4, -0.2) is 16.9 Å². The Morgan fingerprint density at radius 3 is 2.85 bits per heavy atom. The molecule has 0 aliphatic heterocycles. The lowest BCUT2D eigenvalue weighted by Crippen LogP contribution is -2.07. The maximum Gasteiger partial charge on any atom is 0.343 e. The van der Waals surface area contributed by atoms with Crippen molar-refractivity contribution in [3.8, 4) is 0 Å². The minimum Gasteiger partial charge on any atom is -0.462 e. The average molecular weight is 355 g/mol. The molecule has 1 N–H and O–H groups in total. The minimum atomic E-state index is -0.343. The van der Waals surface area contributed by atoms with Gasteiger partial charge in [0.25, 0.3) is 0 Å². The fraction of sp³-hybridized carbons (Fsp3) is 0.286. The molecule has 20 heavy (non-hydrogen) atoms. The van der Waals surface area contributed by atoms with Crippen LogP contribution in [0.15, 0.2) is 22.7 Å². The third-order valence-corrected chi connectivity index (χ3v) is 4.23. The van der Waals surface area contributed by atoms with Gasteiger partial charge in [-0.3, -0.25) is 0 Å². The van der Waals surface area contributed by atoms with Crippen LogP contribution in [0.1, 0.15) is 28.5 Å². The molecule has 1 aromatic heterocycles. The molecule has 0 aliphatic rings. The number of aromatic nitrogens is 1. The first-order chi connectivity index (χ1) is 9.52. The van der Waals surface area contributed by atoms with Crippen LogP contribution in [0.4, 0.5) is 10.7 Å². The van der Waals surface area contributed by atoms with E-state index in [1.165, 1.54) is 11.5 Å². The lowest BCUT2D eigenvalue weighted by atomic mass is 10.2. The number of nitrogens with one attached hydrogen (secondary N) is 1. The standard InChI is InChI=1S/C14H15BrN2O2S/c1-4-19-14(18)12-9(3)17-20-13(12)16-11-6-5-8(2)7-10(11)15/h5-7,16H,4H2,1-3H3. The van der Waals surface area contributed by atoms with Crippen LogP contribution in [0.5, 0.6) is 0 Å². The van der Waals surface area contributed by atoms with Gasteiger partial charge in [-0.15, -0.1) is 0 Å². The maximum absolute atomic E-state index is 12.0. The second-order valence-electron chi connectivity index (χ2n) is 4.30. The summed E-state index contributed by atoms with van der Waals surface area (Å²) in [6.07, 6.45) is 0. The number of ether oxygens (including phenoxy) is 1. The number of hydrogen-bond donors (Lipinski definition) is 1. The lowest BCUT2D eigenvalue weighted by Gasteiger charge is -2.09. The van der Waals surface area contributed by atoms with Crippen molar-refractivity contribution in [3.05, 3.63) is 39.5 Å². The van der Waals surface area contributed by atoms with Gasteiger partial charge in [-0.1, -0.05) is 6.07 Å². The van der Waals surface area contributed by atoms with Crippen LogP contribution in [0, 0.1) is 13.8 Å². The summed E-state index contributed by atoms with van der Waals surface area (Å²) >= 11 is 4.76. The minimum absolute atomic E-state index is 0.343. The molecule has 2 aromatic rings. The van der Waals surface area contributed by atoms with E-state index in [2.05, 4.69) is 25.6 Å². The predicted molar refractivity (Wildman–Crippen MR) is 85.0 cm³/mol. The van der Waals surface area contributed by atoms with E-state index in [0.717, 1.165) is 15.7 Å². The monoisotopic (exact) mass is 354 g/mol. The van der Waals surface area contributed by atoms with Crippen molar-refractivity contribution in [3.63, 3.8) is 0 Å². The smallest absolute Gasteiger partial charge is 0.343 e. The fourth-order valence-electron chi connectivity index (χ4n) is 1.74. The summed E-state index contributed by atoms with van der Waals surface area (Å²) in [7, 11) is 0. The normalized spacial score (nSPS) is 10.4. The quantitative estimate of drug-likeness (QED) is 0.824. The van der Waals surface area contributed by atoms with Gasteiger partial charge in [-0.25, -0.2) is 4.79 Å². The summed E-state index contributed by atoms with van der Waals surface area (Å²) in [6.45, 7) is 5.96. The van der Waals surface area contributed by atoms with E-state index in [-0.39, 0.29) is 5.97 Å². The molecule has 0 unspecified atom stereocenters. The summed E-state index contributed by atoms with van der Waals surface area (Å²) in [6, 6.07) is 5.98. The molecule has 0 aliphatic carbocycles. The predicted octanol–water partition coefficient (Wildman–Crippen LogP) is 4.44. The van der Waals surface area contributed by atoms with Crippen molar-refractivity contribution < 1.29 is 9.53 Å². The van der Waals surface area contributed by atoms with Crippen LogP contribution >= 0.6 is 27.5 Å². The van der Waals surface area contributed by atoms with Gasteiger partial charge < -0.3 is 10.1 Å². The largest absolute Gasteiger partial charge is 0.462 e. The highest BCUT2D eigenvalue weighted by molar-refractivity contribution is 9.10. The van der Waals surface area contributed by atoms with E-state index in [4.69, 9.17) is 4.74 Å². The van der Waals surface area contributed by atoms with Gasteiger partial charge in [-0.2, -0.15) is 4.37 Å². The summed E-state index contributed by atoms with van der Waals surface area (Å²) in [5.41, 5.74) is 3.24.